The normalized spacial score (nSPS) is 13.1. The third-order valence-electron chi connectivity index (χ3n) is 4.17. The Balaban J connectivity index is 3.13. The molecule has 0 bridgehead atoms. The molecule has 0 aliphatic heterocycles. The van der Waals surface area contributed by atoms with Gasteiger partial charge in [-0.1, -0.05) is 105 Å². The molecule has 1 radical (unpaired) electrons. The molecule has 0 aliphatic carbocycles. The molecular weight excluding hydrogens is 228 g/mol. The molecule has 0 amide bonds. The summed E-state index contributed by atoms with van der Waals surface area (Å²) in [6.07, 6.45) is 18.7. The summed E-state index contributed by atoms with van der Waals surface area (Å²) in [7, 11) is 0. The van der Waals surface area contributed by atoms with Crippen molar-refractivity contribution in [3.63, 3.8) is 0 Å². The van der Waals surface area contributed by atoms with Crippen molar-refractivity contribution in [3.8, 4) is 0 Å². The first-order valence-electron chi connectivity index (χ1n) is 8.95. The van der Waals surface area contributed by atoms with Gasteiger partial charge in [0.15, 0.2) is 0 Å². The highest BCUT2D eigenvalue weighted by Gasteiger charge is 2.02. The van der Waals surface area contributed by atoms with Crippen LogP contribution in [0.1, 0.15) is 111 Å². The van der Waals surface area contributed by atoms with Crippen molar-refractivity contribution in [2.75, 3.05) is 0 Å². The highest BCUT2D eigenvalue weighted by molar-refractivity contribution is 4.75. The molecule has 0 heteroatoms. The standard InChI is InChI=1S/C19H39/c1-5-6-7-8-9-10-11-12-16-19(4)17-14-13-15-18(2)3/h19H,5-17H2,1-4H3. The molecule has 0 saturated heterocycles. The lowest BCUT2D eigenvalue weighted by atomic mass is 9.95. The van der Waals surface area contributed by atoms with E-state index in [0.29, 0.717) is 0 Å². The van der Waals surface area contributed by atoms with Crippen LogP contribution in [0, 0.1) is 11.8 Å². The lowest BCUT2D eigenvalue weighted by Crippen LogP contribution is -1.96. The topological polar surface area (TPSA) is 0 Å². The SMILES string of the molecule is CCCCCCCCCCC(C)CCCC[C](C)C. The van der Waals surface area contributed by atoms with Crippen LogP contribution >= 0.6 is 0 Å². The first-order valence-corrected chi connectivity index (χ1v) is 8.95. The summed E-state index contributed by atoms with van der Waals surface area (Å²) >= 11 is 0. The van der Waals surface area contributed by atoms with Crippen molar-refractivity contribution in [1.29, 1.82) is 0 Å². The molecular formula is C19H39. The lowest BCUT2D eigenvalue weighted by molar-refractivity contribution is 0.435. The Labute approximate surface area is 123 Å². The van der Waals surface area contributed by atoms with Crippen LogP contribution in [-0.4, -0.2) is 0 Å². The second kappa shape index (κ2) is 14.4. The van der Waals surface area contributed by atoms with E-state index in [4.69, 9.17) is 0 Å². The van der Waals surface area contributed by atoms with Gasteiger partial charge < -0.3 is 0 Å². The molecule has 0 heterocycles. The van der Waals surface area contributed by atoms with Crippen molar-refractivity contribution in [3.05, 3.63) is 5.92 Å². The fraction of sp³-hybridized carbons (Fsp3) is 0.947. The Morgan fingerprint density at radius 3 is 1.68 bits per heavy atom. The van der Waals surface area contributed by atoms with E-state index in [0.717, 1.165) is 5.92 Å². The van der Waals surface area contributed by atoms with E-state index >= 15 is 0 Å². The van der Waals surface area contributed by atoms with Crippen molar-refractivity contribution in [1.82, 2.24) is 0 Å². The fourth-order valence-corrected chi connectivity index (χ4v) is 2.74. The molecule has 0 aliphatic rings. The van der Waals surface area contributed by atoms with E-state index in [-0.39, 0.29) is 0 Å². The average Bonchev–Trinajstić information content (AvgIpc) is 2.37. The summed E-state index contributed by atoms with van der Waals surface area (Å²) < 4.78 is 0. The van der Waals surface area contributed by atoms with Gasteiger partial charge in [0, 0.05) is 0 Å². The minimum atomic E-state index is 0.956. The summed E-state index contributed by atoms with van der Waals surface area (Å²) in [5.41, 5.74) is 0. The van der Waals surface area contributed by atoms with Gasteiger partial charge in [-0.3, -0.25) is 0 Å². The van der Waals surface area contributed by atoms with Crippen LogP contribution in [-0.2, 0) is 0 Å². The van der Waals surface area contributed by atoms with Gasteiger partial charge in [0.1, 0.15) is 0 Å². The Bertz CT molecular complexity index is 159. The molecule has 1 atom stereocenters. The van der Waals surface area contributed by atoms with Crippen LogP contribution in [0.4, 0.5) is 0 Å². The highest BCUT2D eigenvalue weighted by Crippen LogP contribution is 2.19. The van der Waals surface area contributed by atoms with Crippen LogP contribution in [0.3, 0.4) is 0 Å². The molecule has 0 nitrogen and oxygen atoms in total. The van der Waals surface area contributed by atoms with Crippen LogP contribution < -0.4 is 0 Å². The second-order valence-electron chi connectivity index (χ2n) is 6.82. The zero-order chi connectivity index (χ0) is 14.3. The predicted octanol–water partition coefficient (Wildman–Crippen LogP) is 7.33. The Hall–Kier alpha value is 0. The first kappa shape index (κ1) is 19.0. The van der Waals surface area contributed by atoms with E-state index in [2.05, 4.69) is 27.7 Å². The minimum Gasteiger partial charge on any atom is -0.0654 e. The third kappa shape index (κ3) is 15.9. The van der Waals surface area contributed by atoms with Gasteiger partial charge in [-0.25, -0.2) is 0 Å². The number of rotatable bonds is 14. The van der Waals surface area contributed by atoms with Crippen LogP contribution in [0.15, 0.2) is 0 Å². The van der Waals surface area contributed by atoms with Gasteiger partial charge in [0.2, 0.25) is 0 Å². The summed E-state index contributed by atoms with van der Waals surface area (Å²) in [5, 5.41) is 0. The predicted molar refractivity (Wildman–Crippen MR) is 89.5 cm³/mol. The molecule has 0 rings (SSSR count). The molecule has 0 aromatic heterocycles. The smallest absolute Gasteiger partial charge is 0.0303 e. The summed E-state index contributed by atoms with van der Waals surface area (Å²) in [4.78, 5) is 0. The fourth-order valence-electron chi connectivity index (χ4n) is 2.74. The van der Waals surface area contributed by atoms with Crippen molar-refractivity contribution in [2.24, 2.45) is 5.92 Å². The zero-order valence-electron chi connectivity index (χ0n) is 14.3. The molecule has 0 spiro atoms. The quantitative estimate of drug-likeness (QED) is 0.289. The van der Waals surface area contributed by atoms with E-state index in [1.807, 2.05) is 0 Å². The van der Waals surface area contributed by atoms with Crippen LogP contribution in [0.5, 0.6) is 0 Å². The zero-order valence-corrected chi connectivity index (χ0v) is 14.3. The third-order valence-corrected chi connectivity index (χ3v) is 4.17. The van der Waals surface area contributed by atoms with Gasteiger partial charge in [0.05, 0.1) is 0 Å². The van der Waals surface area contributed by atoms with Crippen molar-refractivity contribution >= 4 is 0 Å². The maximum atomic E-state index is 2.45. The summed E-state index contributed by atoms with van der Waals surface area (Å²) in [5.74, 6) is 2.55. The summed E-state index contributed by atoms with van der Waals surface area (Å²) in [6, 6.07) is 0. The van der Waals surface area contributed by atoms with Crippen LogP contribution in [0.2, 0.25) is 0 Å². The van der Waals surface area contributed by atoms with Gasteiger partial charge in [0.25, 0.3) is 0 Å². The molecule has 19 heavy (non-hydrogen) atoms. The van der Waals surface area contributed by atoms with Crippen LogP contribution in [0.25, 0.3) is 0 Å². The molecule has 0 fully saturated rings. The van der Waals surface area contributed by atoms with E-state index in [1.165, 1.54) is 83.5 Å². The Kier molecular flexibility index (Phi) is 14.4. The molecule has 0 aromatic rings. The molecule has 0 N–H and O–H groups in total. The maximum absolute atomic E-state index is 2.45. The summed E-state index contributed by atoms with van der Waals surface area (Å²) in [6.45, 7) is 9.25. The number of hydrogen-bond acceptors (Lipinski definition) is 0. The first-order chi connectivity index (χ1) is 9.16. The number of hydrogen-bond donors (Lipinski definition) is 0. The van der Waals surface area contributed by atoms with Gasteiger partial charge in [-0.05, 0) is 18.3 Å². The average molecular weight is 268 g/mol. The van der Waals surface area contributed by atoms with Crippen molar-refractivity contribution < 1.29 is 0 Å². The minimum absolute atomic E-state index is 0.956. The van der Waals surface area contributed by atoms with E-state index < -0.39 is 0 Å². The molecule has 0 saturated carbocycles. The van der Waals surface area contributed by atoms with Gasteiger partial charge >= 0.3 is 0 Å². The monoisotopic (exact) mass is 267 g/mol. The van der Waals surface area contributed by atoms with Gasteiger partial charge in [-0.15, -0.1) is 0 Å². The Morgan fingerprint density at radius 2 is 1.16 bits per heavy atom. The van der Waals surface area contributed by atoms with E-state index in [1.54, 1.807) is 5.92 Å². The molecule has 115 valence electrons. The number of unbranched alkanes of at least 4 members (excludes halogenated alkanes) is 8. The van der Waals surface area contributed by atoms with Crippen molar-refractivity contribution in [2.45, 2.75) is 111 Å². The molecule has 0 aromatic carbocycles. The molecule has 1 unspecified atom stereocenters. The van der Waals surface area contributed by atoms with E-state index in [9.17, 15) is 0 Å². The Morgan fingerprint density at radius 1 is 0.684 bits per heavy atom. The largest absolute Gasteiger partial charge is 0.0654 e. The second-order valence-corrected chi connectivity index (χ2v) is 6.82. The lowest BCUT2D eigenvalue weighted by Gasteiger charge is -2.11. The maximum Gasteiger partial charge on any atom is -0.0303 e. The highest BCUT2D eigenvalue weighted by atomic mass is 14.1. The van der Waals surface area contributed by atoms with Gasteiger partial charge in [-0.2, -0.15) is 0 Å².